The third-order valence-electron chi connectivity index (χ3n) is 5.90. The highest BCUT2D eigenvalue weighted by atomic mass is 16.2. The number of hydrogen-bond donors (Lipinski definition) is 0. The second-order valence-corrected chi connectivity index (χ2v) is 9.45. The number of carbonyl (C=O) groups is 1. The van der Waals surface area contributed by atoms with E-state index >= 15 is 0 Å². The first-order chi connectivity index (χ1) is 15.2. The maximum Gasteiger partial charge on any atom is 0.261 e. The molecule has 3 aromatic rings. The summed E-state index contributed by atoms with van der Waals surface area (Å²) >= 11 is 0. The molecule has 5 heteroatoms. The molecule has 1 atom stereocenters. The molecule has 0 spiro atoms. The molecule has 1 unspecified atom stereocenters. The van der Waals surface area contributed by atoms with Crippen molar-refractivity contribution in [2.75, 3.05) is 6.54 Å². The fraction of sp³-hybridized carbons (Fsp3) is 0.444. The molecule has 1 heterocycles. The maximum atomic E-state index is 13.5. The lowest BCUT2D eigenvalue weighted by Gasteiger charge is -2.30. The molecule has 0 saturated heterocycles. The third-order valence-corrected chi connectivity index (χ3v) is 5.90. The van der Waals surface area contributed by atoms with Crippen molar-refractivity contribution in [3.8, 4) is 0 Å². The van der Waals surface area contributed by atoms with Crippen molar-refractivity contribution < 1.29 is 4.79 Å². The highest BCUT2D eigenvalue weighted by molar-refractivity contribution is 5.94. The summed E-state index contributed by atoms with van der Waals surface area (Å²) in [4.78, 5) is 33.4. The van der Waals surface area contributed by atoms with E-state index in [0.29, 0.717) is 35.4 Å². The zero-order valence-electron chi connectivity index (χ0n) is 20.2. The molecule has 3 rings (SSSR count). The number of benzene rings is 2. The second-order valence-electron chi connectivity index (χ2n) is 9.45. The Morgan fingerprint density at radius 2 is 1.69 bits per heavy atom. The minimum Gasteiger partial charge on any atom is -0.329 e. The van der Waals surface area contributed by atoms with Gasteiger partial charge >= 0.3 is 0 Å². The number of para-hydroxylation sites is 1. The van der Waals surface area contributed by atoms with Gasteiger partial charge in [0.2, 0.25) is 0 Å². The van der Waals surface area contributed by atoms with E-state index in [1.165, 1.54) is 5.56 Å². The molecule has 5 nitrogen and oxygen atoms in total. The Bertz CT molecular complexity index is 1140. The van der Waals surface area contributed by atoms with Crippen LogP contribution in [0.2, 0.25) is 0 Å². The van der Waals surface area contributed by atoms with Gasteiger partial charge < -0.3 is 4.90 Å². The van der Waals surface area contributed by atoms with Crippen LogP contribution in [-0.4, -0.2) is 26.9 Å². The maximum absolute atomic E-state index is 13.5. The van der Waals surface area contributed by atoms with Crippen molar-refractivity contribution in [2.45, 2.75) is 72.4 Å². The zero-order valence-corrected chi connectivity index (χ0v) is 20.2. The van der Waals surface area contributed by atoms with Crippen molar-refractivity contribution in [2.24, 2.45) is 0 Å². The Labute approximate surface area is 191 Å². The summed E-state index contributed by atoms with van der Waals surface area (Å²) in [6, 6.07) is 15.0. The fourth-order valence-corrected chi connectivity index (χ4v) is 4.07. The van der Waals surface area contributed by atoms with Gasteiger partial charge in [0.1, 0.15) is 5.82 Å². The van der Waals surface area contributed by atoms with E-state index in [1.807, 2.05) is 67.3 Å². The third kappa shape index (κ3) is 4.77. The van der Waals surface area contributed by atoms with E-state index in [0.717, 1.165) is 12.8 Å². The number of carbonyl (C=O) groups excluding carboxylic acids is 1. The number of nitrogens with zero attached hydrogens (tertiary/aromatic N) is 3. The van der Waals surface area contributed by atoms with E-state index < -0.39 is 0 Å². The van der Waals surface area contributed by atoms with Gasteiger partial charge in [-0.2, -0.15) is 0 Å². The molecule has 0 saturated carbocycles. The highest BCUT2D eigenvalue weighted by Gasteiger charge is 2.27. The Kier molecular flexibility index (Phi) is 7.17. The van der Waals surface area contributed by atoms with Gasteiger partial charge in [0.15, 0.2) is 0 Å². The predicted molar refractivity (Wildman–Crippen MR) is 131 cm³/mol. The molecule has 1 aromatic heterocycles. The number of hydrogen-bond acceptors (Lipinski definition) is 3. The average molecular weight is 434 g/mol. The molecular formula is C27H35N3O2. The van der Waals surface area contributed by atoms with Crippen LogP contribution in [0.15, 0.2) is 53.3 Å². The van der Waals surface area contributed by atoms with E-state index in [2.05, 4.69) is 27.7 Å². The Morgan fingerprint density at radius 3 is 2.28 bits per heavy atom. The molecule has 0 bridgehead atoms. The van der Waals surface area contributed by atoms with Crippen LogP contribution in [-0.2, 0) is 12.0 Å². The lowest BCUT2D eigenvalue weighted by Crippen LogP contribution is -2.38. The minimum atomic E-state index is -0.325. The summed E-state index contributed by atoms with van der Waals surface area (Å²) in [6.07, 6.45) is 1.64. The molecule has 0 N–H and O–H groups in total. The van der Waals surface area contributed by atoms with Gasteiger partial charge in [0, 0.05) is 18.7 Å². The van der Waals surface area contributed by atoms with Gasteiger partial charge in [-0.15, -0.1) is 0 Å². The van der Waals surface area contributed by atoms with Crippen molar-refractivity contribution in [1.29, 1.82) is 0 Å². The highest BCUT2D eigenvalue weighted by Crippen LogP contribution is 2.25. The van der Waals surface area contributed by atoms with Crippen LogP contribution < -0.4 is 5.56 Å². The van der Waals surface area contributed by atoms with Crippen molar-refractivity contribution in [3.05, 3.63) is 75.8 Å². The van der Waals surface area contributed by atoms with Gasteiger partial charge in [-0.1, -0.05) is 58.9 Å². The van der Waals surface area contributed by atoms with Crippen LogP contribution in [0.25, 0.3) is 10.9 Å². The van der Waals surface area contributed by atoms with Crippen LogP contribution in [0.1, 0.15) is 82.2 Å². The molecule has 1 amide bonds. The van der Waals surface area contributed by atoms with E-state index in [4.69, 9.17) is 4.98 Å². The van der Waals surface area contributed by atoms with Crippen LogP contribution >= 0.6 is 0 Å². The van der Waals surface area contributed by atoms with E-state index in [9.17, 15) is 9.59 Å². The van der Waals surface area contributed by atoms with Crippen LogP contribution in [0.4, 0.5) is 0 Å². The van der Waals surface area contributed by atoms with E-state index in [1.54, 1.807) is 4.57 Å². The minimum absolute atomic E-state index is 0.0310. The molecule has 0 radical (unpaired) electrons. The quantitative estimate of drug-likeness (QED) is 0.479. The van der Waals surface area contributed by atoms with Crippen LogP contribution in [0, 0.1) is 0 Å². The van der Waals surface area contributed by atoms with E-state index in [-0.39, 0.29) is 22.9 Å². The summed E-state index contributed by atoms with van der Waals surface area (Å²) in [5.74, 6) is 0.605. The lowest BCUT2D eigenvalue weighted by molar-refractivity contribution is 0.0679. The Balaban J connectivity index is 2.05. The van der Waals surface area contributed by atoms with Crippen LogP contribution in [0.3, 0.4) is 0 Å². The second kappa shape index (κ2) is 9.68. The van der Waals surface area contributed by atoms with Gasteiger partial charge in [-0.25, -0.2) is 4.98 Å². The Morgan fingerprint density at radius 1 is 1.03 bits per heavy atom. The summed E-state index contributed by atoms with van der Waals surface area (Å²) in [7, 11) is 0. The van der Waals surface area contributed by atoms with Gasteiger partial charge in [0.25, 0.3) is 11.5 Å². The summed E-state index contributed by atoms with van der Waals surface area (Å²) in [5, 5.41) is 0.614. The molecule has 0 aliphatic rings. The zero-order chi connectivity index (χ0) is 23.5. The van der Waals surface area contributed by atoms with Crippen molar-refractivity contribution in [1.82, 2.24) is 14.5 Å². The first-order valence-electron chi connectivity index (χ1n) is 11.6. The monoisotopic (exact) mass is 433 g/mol. The smallest absolute Gasteiger partial charge is 0.261 e. The molecule has 170 valence electrons. The normalized spacial score (nSPS) is 12.7. The molecule has 0 aliphatic heterocycles. The van der Waals surface area contributed by atoms with Crippen molar-refractivity contribution >= 4 is 16.8 Å². The molecule has 0 fully saturated rings. The fourth-order valence-electron chi connectivity index (χ4n) is 4.07. The topological polar surface area (TPSA) is 55.2 Å². The summed E-state index contributed by atoms with van der Waals surface area (Å²) in [6.45, 7) is 13.7. The lowest BCUT2D eigenvalue weighted by atomic mass is 9.86. The standard InChI is InChI=1S/C27H35N3O2/c1-7-17-29(25(31)20-13-15-21(16-14-20)27(4,5)6)19(3)24-28-23-12-10-9-11-22(23)26(32)30(24)18-8-2/h9-16,19H,7-8,17-18H2,1-6H3. The molecule has 0 aliphatic carbocycles. The summed E-state index contributed by atoms with van der Waals surface area (Å²) < 4.78 is 1.74. The number of rotatable bonds is 7. The molecule has 2 aromatic carbocycles. The SMILES string of the molecule is CCCN(C(=O)c1ccc(C(C)(C)C)cc1)C(C)c1nc2ccccc2c(=O)n1CCC. The number of amides is 1. The number of aromatic nitrogens is 2. The van der Waals surface area contributed by atoms with Gasteiger partial charge in [-0.05, 0) is 55.0 Å². The van der Waals surface area contributed by atoms with Crippen LogP contribution in [0.5, 0.6) is 0 Å². The summed E-state index contributed by atoms with van der Waals surface area (Å²) in [5.41, 5.74) is 2.51. The Hall–Kier alpha value is -2.95. The number of fused-ring (bicyclic) bond motifs is 1. The first-order valence-corrected chi connectivity index (χ1v) is 11.6. The largest absolute Gasteiger partial charge is 0.329 e. The van der Waals surface area contributed by atoms with Crippen molar-refractivity contribution in [3.63, 3.8) is 0 Å². The van der Waals surface area contributed by atoms with Gasteiger partial charge in [0.05, 0.1) is 16.9 Å². The average Bonchev–Trinajstić information content (AvgIpc) is 2.78. The first kappa shape index (κ1) is 23.7. The molecular weight excluding hydrogens is 398 g/mol. The van der Waals surface area contributed by atoms with Gasteiger partial charge in [-0.3, -0.25) is 14.2 Å². The molecule has 32 heavy (non-hydrogen) atoms. The predicted octanol–water partition coefficient (Wildman–Crippen LogP) is 5.72.